The summed E-state index contributed by atoms with van der Waals surface area (Å²) in [5.41, 5.74) is 0.237. The molecular weight excluding hydrogens is 315 g/mol. The third-order valence-corrected chi connectivity index (χ3v) is 3.20. The average molecular weight is 327 g/mol. The number of hydrogen-bond donors (Lipinski definition) is 0. The lowest BCUT2D eigenvalue weighted by Crippen LogP contribution is -2.38. The van der Waals surface area contributed by atoms with Gasteiger partial charge in [0, 0.05) is 25.4 Å². The highest BCUT2D eigenvalue weighted by atomic mass is 19.4. The van der Waals surface area contributed by atoms with Gasteiger partial charge in [-0.25, -0.2) is 9.67 Å². The van der Waals surface area contributed by atoms with Crippen LogP contribution in [-0.2, 0) is 6.54 Å². The zero-order chi connectivity index (χ0) is 16.4. The predicted molar refractivity (Wildman–Crippen MR) is 72.1 cm³/mol. The average Bonchev–Trinajstić information content (AvgIpc) is 3.00. The fourth-order valence-electron chi connectivity index (χ4n) is 2.20. The summed E-state index contributed by atoms with van der Waals surface area (Å²) in [4.78, 5) is 21.7. The molecule has 0 N–H and O–H groups in total. The minimum Gasteiger partial charge on any atom is -0.468 e. The van der Waals surface area contributed by atoms with E-state index in [1.54, 1.807) is 4.68 Å². The van der Waals surface area contributed by atoms with Crippen LogP contribution in [0.2, 0.25) is 0 Å². The number of anilines is 1. The number of carbonyl (C=O) groups excluding carboxylic acids is 1. The van der Waals surface area contributed by atoms with Crippen molar-refractivity contribution in [1.82, 2.24) is 19.7 Å². The molecule has 3 heterocycles. The molecule has 0 unspecified atom stereocenters. The van der Waals surface area contributed by atoms with Crippen molar-refractivity contribution in [2.75, 3.05) is 18.1 Å². The Morgan fingerprint density at radius 3 is 2.78 bits per heavy atom. The molecule has 10 heteroatoms. The minimum absolute atomic E-state index is 0.194. The van der Waals surface area contributed by atoms with Gasteiger partial charge in [-0.05, 0) is 12.5 Å². The summed E-state index contributed by atoms with van der Waals surface area (Å²) in [7, 11) is 0. The molecule has 3 rings (SSSR count). The maximum Gasteiger partial charge on any atom is 0.422 e. The van der Waals surface area contributed by atoms with E-state index in [0.29, 0.717) is 19.0 Å². The largest absolute Gasteiger partial charge is 0.468 e. The molecule has 122 valence electrons. The van der Waals surface area contributed by atoms with E-state index < -0.39 is 12.8 Å². The Hall–Kier alpha value is -2.65. The van der Waals surface area contributed by atoms with Gasteiger partial charge in [-0.15, -0.1) is 0 Å². The first kappa shape index (κ1) is 15.3. The van der Waals surface area contributed by atoms with Crippen molar-refractivity contribution in [2.24, 2.45) is 0 Å². The molecule has 0 radical (unpaired) electrons. The van der Waals surface area contributed by atoms with Gasteiger partial charge in [0.15, 0.2) is 6.61 Å². The van der Waals surface area contributed by atoms with E-state index in [4.69, 9.17) is 0 Å². The zero-order valence-corrected chi connectivity index (χ0v) is 11.8. The maximum absolute atomic E-state index is 12.5. The smallest absolute Gasteiger partial charge is 0.422 e. The summed E-state index contributed by atoms with van der Waals surface area (Å²) in [5.74, 6) is -0.0897. The van der Waals surface area contributed by atoms with Crippen molar-refractivity contribution in [3.05, 3.63) is 30.2 Å². The van der Waals surface area contributed by atoms with Crippen LogP contribution in [-0.4, -0.2) is 45.0 Å². The molecule has 0 saturated carbocycles. The SMILES string of the molecule is O=C(c1ccc(OCC(F)(F)F)nc1)N1CCCn2ncnc21. The number of nitrogens with zero attached hydrogens (tertiary/aromatic N) is 5. The lowest BCUT2D eigenvalue weighted by molar-refractivity contribution is -0.154. The number of aryl methyl sites for hydroxylation is 1. The molecule has 1 aliphatic heterocycles. The lowest BCUT2D eigenvalue weighted by Gasteiger charge is -2.25. The van der Waals surface area contributed by atoms with Crippen molar-refractivity contribution in [1.29, 1.82) is 0 Å². The standard InChI is InChI=1S/C13H12F3N5O2/c14-13(15,16)7-23-10-3-2-9(6-17-10)11(22)20-4-1-5-21-12(20)18-8-19-21/h2-3,6,8H,1,4-5,7H2. The third-order valence-electron chi connectivity index (χ3n) is 3.20. The molecule has 0 saturated heterocycles. The number of hydrogen-bond acceptors (Lipinski definition) is 5. The van der Waals surface area contributed by atoms with Gasteiger partial charge < -0.3 is 4.74 Å². The number of amides is 1. The van der Waals surface area contributed by atoms with Crippen molar-refractivity contribution < 1.29 is 22.7 Å². The van der Waals surface area contributed by atoms with Gasteiger partial charge in [-0.3, -0.25) is 9.69 Å². The lowest BCUT2D eigenvalue weighted by atomic mass is 10.2. The second kappa shape index (κ2) is 5.86. The number of pyridine rings is 1. The Bertz CT molecular complexity index is 698. The molecule has 0 aromatic carbocycles. The van der Waals surface area contributed by atoms with Gasteiger partial charge in [0.05, 0.1) is 5.56 Å². The number of fused-ring (bicyclic) bond motifs is 1. The van der Waals surface area contributed by atoms with Crippen LogP contribution in [0.25, 0.3) is 0 Å². The molecule has 0 atom stereocenters. The second-order valence-corrected chi connectivity index (χ2v) is 4.88. The number of aromatic nitrogens is 4. The number of ether oxygens (including phenoxy) is 1. The van der Waals surface area contributed by atoms with E-state index in [9.17, 15) is 18.0 Å². The molecule has 1 aliphatic rings. The molecule has 7 nitrogen and oxygen atoms in total. The van der Waals surface area contributed by atoms with Crippen LogP contribution in [0.4, 0.5) is 19.1 Å². The summed E-state index contributed by atoms with van der Waals surface area (Å²) in [6.07, 6.45) is -1.15. The van der Waals surface area contributed by atoms with E-state index in [2.05, 4.69) is 19.8 Å². The predicted octanol–water partition coefficient (Wildman–Crippen LogP) is 1.66. The molecular formula is C13H12F3N5O2. The normalized spacial score (nSPS) is 14.5. The highest BCUT2D eigenvalue weighted by Gasteiger charge is 2.29. The fourth-order valence-corrected chi connectivity index (χ4v) is 2.20. The van der Waals surface area contributed by atoms with Crippen LogP contribution < -0.4 is 9.64 Å². The molecule has 0 fully saturated rings. The highest BCUT2D eigenvalue weighted by molar-refractivity contribution is 6.05. The number of alkyl halides is 3. The summed E-state index contributed by atoms with van der Waals surface area (Å²) in [6.45, 7) is -0.256. The Balaban J connectivity index is 1.72. The van der Waals surface area contributed by atoms with Gasteiger partial charge in [-0.2, -0.15) is 23.3 Å². The van der Waals surface area contributed by atoms with Crippen LogP contribution in [0.3, 0.4) is 0 Å². The van der Waals surface area contributed by atoms with Crippen LogP contribution in [0, 0.1) is 0 Å². The van der Waals surface area contributed by atoms with Crippen LogP contribution >= 0.6 is 0 Å². The van der Waals surface area contributed by atoms with Crippen molar-refractivity contribution >= 4 is 11.9 Å². The molecule has 0 aliphatic carbocycles. The van der Waals surface area contributed by atoms with Crippen LogP contribution in [0.15, 0.2) is 24.7 Å². The first-order valence-corrected chi connectivity index (χ1v) is 6.79. The number of carbonyl (C=O) groups is 1. The Labute approximate surface area is 128 Å². The summed E-state index contributed by atoms with van der Waals surface area (Å²) < 4.78 is 42.3. The molecule has 2 aromatic rings. The molecule has 23 heavy (non-hydrogen) atoms. The second-order valence-electron chi connectivity index (χ2n) is 4.88. The van der Waals surface area contributed by atoms with E-state index in [-0.39, 0.29) is 17.4 Å². The van der Waals surface area contributed by atoms with Gasteiger partial charge in [-0.1, -0.05) is 0 Å². The molecule has 0 spiro atoms. The molecule has 0 bridgehead atoms. The molecule has 1 amide bonds. The van der Waals surface area contributed by atoms with Crippen LogP contribution in [0.1, 0.15) is 16.8 Å². The fraction of sp³-hybridized carbons (Fsp3) is 0.385. The van der Waals surface area contributed by atoms with Crippen molar-refractivity contribution in [3.63, 3.8) is 0 Å². The number of halogens is 3. The highest BCUT2D eigenvalue weighted by Crippen LogP contribution is 2.20. The zero-order valence-electron chi connectivity index (χ0n) is 11.8. The monoisotopic (exact) mass is 327 g/mol. The Morgan fingerprint density at radius 1 is 1.26 bits per heavy atom. The van der Waals surface area contributed by atoms with Gasteiger partial charge in [0.25, 0.3) is 5.91 Å². The topological polar surface area (TPSA) is 73.1 Å². The third kappa shape index (κ3) is 3.41. The van der Waals surface area contributed by atoms with E-state index in [1.165, 1.54) is 29.6 Å². The quantitative estimate of drug-likeness (QED) is 0.857. The Kier molecular flexibility index (Phi) is 3.89. The summed E-state index contributed by atoms with van der Waals surface area (Å²) >= 11 is 0. The van der Waals surface area contributed by atoms with Crippen molar-refractivity contribution in [3.8, 4) is 5.88 Å². The van der Waals surface area contributed by atoms with E-state index >= 15 is 0 Å². The first-order chi connectivity index (χ1) is 10.9. The van der Waals surface area contributed by atoms with E-state index in [0.717, 1.165) is 6.42 Å². The van der Waals surface area contributed by atoms with Gasteiger partial charge in [0.1, 0.15) is 6.33 Å². The summed E-state index contributed by atoms with van der Waals surface area (Å²) in [5, 5.41) is 4.01. The van der Waals surface area contributed by atoms with E-state index in [1.807, 2.05) is 0 Å². The molecule has 2 aromatic heterocycles. The number of rotatable bonds is 3. The summed E-state index contributed by atoms with van der Waals surface area (Å²) in [6, 6.07) is 2.60. The maximum atomic E-state index is 12.5. The van der Waals surface area contributed by atoms with Gasteiger partial charge in [0.2, 0.25) is 11.8 Å². The van der Waals surface area contributed by atoms with Crippen LogP contribution in [0.5, 0.6) is 5.88 Å². The minimum atomic E-state index is -4.44. The van der Waals surface area contributed by atoms with Crippen molar-refractivity contribution in [2.45, 2.75) is 19.1 Å². The first-order valence-electron chi connectivity index (χ1n) is 6.79. The van der Waals surface area contributed by atoms with Gasteiger partial charge >= 0.3 is 6.18 Å². The Morgan fingerprint density at radius 2 is 2.09 bits per heavy atom.